The van der Waals surface area contributed by atoms with Gasteiger partial charge in [-0.25, -0.2) is 4.79 Å². The number of thiophene rings is 2. The van der Waals surface area contributed by atoms with E-state index >= 15 is 0 Å². The van der Waals surface area contributed by atoms with Crippen LogP contribution in [0.25, 0.3) is 6.08 Å². The van der Waals surface area contributed by atoms with Gasteiger partial charge in [-0.05, 0) is 59.7 Å². The minimum Gasteiger partial charge on any atom is -0.446 e. The molecule has 144 valence electrons. The molecule has 1 saturated carbocycles. The second-order valence-corrected chi connectivity index (χ2v) is 8.77. The van der Waals surface area contributed by atoms with E-state index in [4.69, 9.17) is 4.74 Å². The van der Waals surface area contributed by atoms with Crippen LogP contribution in [0.15, 0.2) is 22.9 Å². The smallest absolute Gasteiger partial charge is 0.407 e. The molecule has 2 aromatic rings. The summed E-state index contributed by atoms with van der Waals surface area (Å²) in [6, 6.07) is 4.42. The van der Waals surface area contributed by atoms with Gasteiger partial charge in [0.05, 0.1) is 5.56 Å². The number of amides is 2. The Labute approximate surface area is 170 Å². The number of fused-ring (bicyclic) bond motifs is 1. The van der Waals surface area contributed by atoms with Gasteiger partial charge in [0.15, 0.2) is 0 Å². The molecule has 6 nitrogen and oxygen atoms in total. The molecule has 28 heavy (non-hydrogen) atoms. The van der Waals surface area contributed by atoms with Crippen LogP contribution in [0.5, 0.6) is 0 Å². The van der Waals surface area contributed by atoms with Gasteiger partial charge in [0.1, 0.15) is 17.2 Å². The molecular weight excluding hydrogens is 394 g/mol. The molecule has 0 radical (unpaired) electrons. The van der Waals surface area contributed by atoms with Crippen molar-refractivity contribution in [3.8, 4) is 6.07 Å². The maximum atomic E-state index is 12.2. The second kappa shape index (κ2) is 8.17. The van der Waals surface area contributed by atoms with Gasteiger partial charge in [-0.1, -0.05) is 0 Å². The number of nitriles is 1. The fraction of sp³-hybridized carbons (Fsp3) is 0.350. The summed E-state index contributed by atoms with van der Waals surface area (Å²) in [6.45, 7) is 0. The van der Waals surface area contributed by atoms with Crippen LogP contribution in [0.1, 0.15) is 40.8 Å². The van der Waals surface area contributed by atoms with E-state index in [2.05, 4.69) is 16.7 Å². The molecular formula is C20H19N3O3S2. The molecule has 8 heteroatoms. The predicted octanol–water partition coefficient (Wildman–Crippen LogP) is 4.08. The third-order valence-corrected chi connectivity index (χ3v) is 6.58. The number of nitrogens with one attached hydrogen (secondary N) is 2. The molecule has 2 aliphatic carbocycles. The Hall–Kier alpha value is -2.63. The first kappa shape index (κ1) is 18.7. The Morgan fingerprint density at radius 3 is 2.89 bits per heavy atom. The van der Waals surface area contributed by atoms with Crippen LogP contribution in [-0.2, 0) is 22.4 Å². The van der Waals surface area contributed by atoms with Crippen LogP contribution in [0.4, 0.5) is 9.80 Å². The molecule has 2 heterocycles. The summed E-state index contributed by atoms with van der Waals surface area (Å²) < 4.78 is 5.52. The average molecular weight is 414 g/mol. The SMILES string of the molecule is N#Cc1c(NC(=O)C=Cc2ccsc2)sc2c1CCC(OC(=O)NC1CC1)C2. The third-order valence-electron chi connectivity index (χ3n) is 4.71. The average Bonchev–Trinajstić information content (AvgIpc) is 3.19. The lowest BCUT2D eigenvalue weighted by Crippen LogP contribution is -2.32. The highest BCUT2D eigenvalue weighted by molar-refractivity contribution is 7.16. The van der Waals surface area contributed by atoms with Crippen molar-refractivity contribution in [2.24, 2.45) is 0 Å². The minimum absolute atomic E-state index is 0.196. The largest absolute Gasteiger partial charge is 0.446 e. The molecule has 0 aliphatic heterocycles. The van der Waals surface area contributed by atoms with Crippen LogP contribution in [0.3, 0.4) is 0 Å². The van der Waals surface area contributed by atoms with E-state index in [9.17, 15) is 14.9 Å². The lowest BCUT2D eigenvalue weighted by atomic mass is 9.94. The van der Waals surface area contributed by atoms with Crippen LogP contribution in [0.2, 0.25) is 0 Å². The number of carbonyl (C=O) groups is 2. The van der Waals surface area contributed by atoms with E-state index in [0.29, 0.717) is 29.8 Å². The second-order valence-electron chi connectivity index (χ2n) is 6.89. The minimum atomic E-state index is -0.361. The first-order valence-electron chi connectivity index (χ1n) is 9.15. The molecule has 0 saturated heterocycles. The van der Waals surface area contributed by atoms with Crippen LogP contribution >= 0.6 is 22.7 Å². The topological polar surface area (TPSA) is 91.2 Å². The lowest BCUT2D eigenvalue weighted by Gasteiger charge is -2.22. The predicted molar refractivity (Wildman–Crippen MR) is 109 cm³/mol. The van der Waals surface area contributed by atoms with Crippen molar-refractivity contribution >= 4 is 45.8 Å². The van der Waals surface area contributed by atoms with Crippen molar-refractivity contribution in [3.05, 3.63) is 44.5 Å². The number of ether oxygens (including phenoxy) is 1. The Morgan fingerprint density at radius 2 is 2.18 bits per heavy atom. The van der Waals surface area contributed by atoms with Crippen LogP contribution in [0, 0.1) is 11.3 Å². The van der Waals surface area contributed by atoms with E-state index in [0.717, 1.165) is 28.8 Å². The van der Waals surface area contributed by atoms with Gasteiger partial charge in [-0.3, -0.25) is 4.79 Å². The summed E-state index contributed by atoms with van der Waals surface area (Å²) in [4.78, 5) is 25.1. The Kier molecular flexibility index (Phi) is 5.46. The monoisotopic (exact) mass is 413 g/mol. The molecule has 2 N–H and O–H groups in total. The van der Waals surface area contributed by atoms with Gasteiger partial charge < -0.3 is 15.4 Å². The van der Waals surface area contributed by atoms with Gasteiger partial charge in [-0.2, -0.15) is 16.6 Å². The van der Waals surface area contributed by atoms with E-state index in [1.807, 2.05) is 16.8 Å². The maximum Gasteiger partial charge on any atom is 0.407 e. The van der Waals surface area contributed by atoms with E-state index in [-0.39, 0.29) is 24.1 Å². The van der Waals surface area contributed by atoms with Crippen molar-refractivity contribution in [3.63, 3.8) is 0 Å². The van der Waals surface area contributed by atoms with Crippen molar-refractivity contribution in [1.29, 1.82) is 5.26 Å². The summed E-state index contributed by atoms with van der Waals surface area (Å²) in [5, 5.41) is 19.7. The number of carbonyl (C=O) groups excluding carboxylic acids is 2. The van der Waals surface area contributed by atoms with Crippen molar-refractivity contribution in [2.75, 3.05) is 5.32 Å². The standard InChI is InChI=1S/C20H19N3O3S2/c21-10-16-15-5-4-14(26-20(25)22-13-2-3-13)9-17(15)28-19(16)23-18(24)6-1-12-7-8-27-11-12/h1,6-8,11,13-14H,2-5,9H2,(H,22,25)(H,23,24). The zero-order chi connectivity index (χ0) is 19.5. The molecule has 0 spiro atoms. The lowest BCUT2D eigenvalue weighted by molar-refractivity contribution is -0.111. The third kappa shape index (κ3) is 4.43. The van der Waals surface area contributed by atoms with Gasteiger partial charge in [0.2, 0.25) is 5.91 Å². The number of nitrogens with zero attached hydrogens (tertiary/aromatic N) is 1. The van der Waals surface area contributed by atoms with Crippen molar-refractivity contribution < 1.29 is 14.3 Å². The molecule has 0 aromatic carbocycles. The number of alkyl carbamates (subject to hydrolysis) is 1. The van der Waals surface area contributed by atoms with Gasteiger partial charge >= 0.3 is 6.09 Å². The van der Waals surface area contributed by atoms with Gasteiger partial charge in [-0.15, -0.1) is 11.3 Å². The summed E-state index contributed by atoms with van der Waals surface area (Å²) in [6.07, 6.45) is 6.61. The summed E-state index contributed by atoms with van der Waals surface area (Å²) >= 11 is 2.96. The zero-order valence-electron chi connectivity index (χ0n) is 15.1. The molecule has 2 aliphatic rings. The van der Waals surface area contributed by atoms with E-state index in [1.165, 1.54) is 17.4 Å². The molecule has 2 amide bonds. The molecule has 0 bridgehead atoms. The Bertz CT molecular complexity index is 952. The van der Waals surface area contributed by atoms with Crippen molar-refractivity contribution in [2.45, 2.75) is 44.2 Å². The highest BCUT2D eigenvalue weighted by Gasteiger charge is 2.30. The number of hydrogen-bond donors (Lipinski definition) is 2. The maximum absolute atomic E-state index is 12.2. The van der Waals surface area contributed by atoms with Gasteiger partial charge in [0, 0.05) is 23.4 Å². The highest BCUT2D eigenvalue weighted by atomic mass is 32.1. The zero-order valence-corrected chi connectivity index (χ0v) is 16.7. The molecule has 1 atom stereocenters. The first-order chi connectivity index (χ1) is 13.6. The fourth-order valence-corrected chi connectivity index (χ4v) is 5.03. The molecule has 2 aromatic heterocycles. The fourth-order valence-electron chi connectivity index (χ4n) is 3.14. The van der Waals surface area contributed by atoms with E-state index in [1.54, 1.807) is 17.4 Å². The van der Waals surface area contributed by atoms with Crippen LogP contribution < -0.4 is 10.6 Å². The first-order valence-corrected chi connectivity index (χ1v) is 10.9. The van der Waals surface area contributed by atoms with E-state index < -0.39 is 0 Å². The Balaban J connectivity index is 1.42. The summed E-state index contributed by atoms with van der Waals surface area (Å²) in [7, 11) is 0. The molecule has 1 unspecified atom stereocenters. The summed E-state index contributed by atoms with van der Waals surface area (Å²) in [5.74, 6) is -0.266. The molecule has 1 fully saturated rings. The number of anilines is 1. The number of hydrogen-bond acceptors (Lipinski definition) is 6. The normalized spacial score (nSPS) is 18.3. The van der Waals surface area contributed by atoms with Crippen LogP contribution in [-0.4, -0.2) is 24.1 Å². The molecule has 4 rings (SSSR count). The number of rotatable bonds is 5. The Morgan fingerprint density at radius 1 is 1.32 bits per heavy atom. The quantitative estimate of drug-likeness (QED) is 0.723. The summed E-state index contributed by atoms with van der Waals surface area (Å²) in [5.41, 5.74) is 2.46. The van der Waals surface area contributed by atoms with Crippen molar-refractivity contribution in [1.82, 2.24) is 5.32 Å². The van der Waals surface area contributed by atoms with Gasteiger partial charge in [0.25, 0.3) is 0 Å². The highest BCUT2D eigenvalue weighted by Crippen LogP contribution is 2.38.